The van der Waals surface area contributed by atoms with Crippen molar-refractivity contribution in [3.63, 3.8) is 0 Å². The minimum Gasteiger partial charge on any atom is -0.384 e. The van der Waals surface area contributed by atoms with Crippen molar-refractivity contribution in [1.29, 1.82) is 5.41 Å². The third-order valence-electron chi connectivity index (χ3n) is 4.78. The average molecular weight is 408 g/mol. The quantitative estimate of drug-likeness (QED) is 0.178. The van der Waals surface area contributed by atoms with Crippen LogP contribution in [-0.2, 0) is 24.1 Å². The molecular weight excluding hydrogens is 382 g/mol. The molecule has 0 saturated heterocycles. The molecule has 5 nitrogen and oxygen atoms in total. The fraction of sp³-hybridized carbons (Fsp3) is 0.174. The molecule has 150 valence electrons. The first-order valence-corrected chi connectivity index (χ1v) is 10.6. The highest BCUT2D eigenvalue weighted by Crippen LogP contribution is 2.29. The van der Waals surface area contributed by atoms with Crippen molar-refractivity contribution < 1.29 is 8.76 Å². The van der Waals surface area contributed by atoms with Crippen molar-refractivity contribution in [1.82, 2.24) is 0 Å². The normalized spacial score (nSPS) is 11.8. The Hall–Kier alpha value is -2.96. The van der Waals surface area contributed by atoms with Crippen LogP contribution in [0, 0.1) is 5.41 Å². The Bertz CT molecular complexity index is 1010. The molecule has 0 aliphatic carbocycles. The molecule has 1 unspecified atom stereocenters. The second-order valence-electron chi connectivity index (χ2n) is 6.92. The molecular formula is C23H25N3O2S. The number of hydrogen-bond acceptors (Lipinski definition) is 2. The van der Waals surface area contributed by atoms with E-state index in [0.29, 0.717) is 5.69 Å². The van der Waals surface area contributed by atoms with Crippen LogP contribution >= 0.6 is 0 Å². The number of aryl methyl sites for hydroxylation is 2. The van der Waals surface area contributed by atoms with E-state index in [4.69, 9.17) is 11.1 Å². The first-order valence-electron chi connectivity index (χ1n) is 9.52. The molecule has 0 amide bonds. The molecule has 0 aliphatic rings. The summed E-state index contributed by atoms with van der Waals surface area (Å²) in [6, 6.07) is 23.6. The fourth-order valence-corrected chi connectivity index (χ4v) is 3.70. The molecule has 0 bridgehead atoms. The molecule has 0 aliphatic heterocycles. The maximum atomic E-state index is 11.3. The Balaban J connectivity index is 1.64. The number of nitrogen functional groups attached to an aromatic ring is 1. The van der Waals surface area contributed by atoms with Gasteiger partial charge in [-0.3, -0.25) is 14.7 Å². The number of nitrogens with one attached hydrogen (secondary N) is 2. The molecule has 0 spiro atoms. The summed E-state index contributed by atoms with van der Waals surface area (Å²) in [4.78, 5) is 0. The number of amidine groups is 1. The predicted octanol–water partition coefficient (Wildman–Crippen LogP) is 4.75. The van der Waals surface area contributed by atoms with Gasteiger partial charge in [-0.05, 0) is 54.5 Å². The van der Waals surface area contributed by atoms with E-state index >= 15 is 0 Å². The third kappa shape index (κ3) is 6.01. The second kappa shape index (κ2) is 10.0. The summed E-state index contributed by atoms with van der Waals surface area (Å²) in [5, 5.41) is 7.54. The van der Waals surface area contributed by atoms with Crippen LogP contribution < -0.4 is 10.5 Å². The molecule has 0 heterocycles. The molecule has 0 saturated carbocycles. The zero-order valence-corrected chi connectivity index (χ0v) is 16.9. The van der Waals surface area contributed by atoms with E-state index < -0.39 is 11.3 Å². The van der Waals surface area contributed by atoms with Crippen LogP contribution in [0.15, 0.2) is 72.8 Å². The van der Waals surface area contributed by atoms with Gasteiger partial charge in [-0.15, -0.1) is 0 Å². The molecule has 0 aromatic heterocycles. The number of anilines is 1. The lowest BCUT2D eigenvalue weighted by Gasteiger charge is -2.12. The molecule has 6 heteroatoms. The Morgan fingerprint density at radius 2 is 1.62 bits per heavy atom. The largest absolute Gasteiger partial charge is 0.384 e. The summed E-state index contributed by atoms with van der Waals surface area (Å²) < 4.78 is 23.3. The van der Waals surface area contributed by atoms with Gasteiger partial charge in [0.1, 0.15) is 5.84 Å². The SMILES string of the molecule is N=C(N)c1cccc(CCCCc2ccc(-c3ccccc3)c(NS(=O)O)c2)c1. The molecule has 3 aromatic rings. The van der Waals surface area contributed by atoms with Crippen molar-refractivity contribution in [2.45, 2.75) is 25.7 Å². The van der Waals surface area contributed by atoms with Gasteiger partial charge in [-0.2, -0.15) is 0 Å². The van der Waals surface area contributed by atoms with Gasteiger partial charge in [0.15, 0.2) is 0 Å². The maximum Gasteiger partial charge on any atom is 0.259 e. The molecule has 5 N–H and O–H groups in total. The zero-order valence-electron chi connectivity index (χ0n) is 16.1. The van der Waals surface area contributed by atoms with E-state index in [2.05, 4.69) is 16.9 Å². The first kappa shape index (κ1) is 20.8. The molecule has 0 fully saturated rings. The van der Waals surface area contributed by atoms with Crippen LogP contribution in [0.1, 0.15) is 29.5 Å². The van der Waals surface area contributed by atoms with Crippen LogP contribution in [0.3, 0.4) is 0 Å². The first-order chi connectivity index (χ1) is 14.0. The molecule has 3 aromatic carbocycles. The van der Waals surface area contributed by atoms with Crippen molar-refractivity contribution >= 4 is 22.8 Å². The molecule has 1 atom stereocenters. The van der Waals surface area contributed by atoms with Crippen LogP contribution in [0.25, 0.3) is 11.1 Å². The maximum absolute atomic E-state index is 11.3. The van der Waals surface area contributed by atoms with Crippen LogP contribution in [0.2, 0.25) is 0 Å². The highest BCUT2D eigenvalue weighted by molar-refractivity contribution is 7.80. The van der Waals surface area contributed by atoms with E-state index in [0.717, 1.165) is 47.9 Å². The average Bonchev–Trinajstić information content (AvgIpc) is 2.72. The Kier molecular flexibility index (Phi) is 7.16. The predicted molar refractivity (Wildman–Crippen MR) is 120 cm³/mol. The van der Waals surface area contributed by atoms with E-state index in [1.807, 2.05) is 60.7 Å². The molecule has 29 heavy (non-hydrogen) atoms. The lowest BCUT2D eigenvalue weighted by molar-refractivity contribution is 0.570. The second-order valence-corrected chi connectivity index (χ2v) is 7.62. The van der Waals surface area contributed by atoms with Crippen LogP contribution in [-0.4, -0.2) is 14.6 Å². The number of nitrogens with two attached hydrogens (primary N) is 1. The standard InChI is InChI=1S/C23H25N3O2S/c24-23(25)20-12-6-9-17(15-20)7-4-5-8-18-13-14-21(19-10-2-1-3-11-19)22(16-18)26-29(27)28/h1-3,6,9-16,26H,4-5,7-8H2,(H3,24,25)(H,27,28). The van der Waals surface area contributed by atoms with Gasteiger partial charge < -0.3 is 5.73 Å². The van der Waals surface area contributed by atoms with Gasteiger partial charge in [0, 0.05) is 11.1 Å². The third-order valence-corrected chi connectivity index (χ3v) is 5.18. The van der Waals surface area contributed by atoms with Crippen molar-refractivity contribution in [2.75, 3.05) is 4.72 Å². The number of benzene rings is 3. The minimum atomic E-state index is -2.12. The number of unbranched alkanes of at least 4 members (excludes halogenated alkanes) is 1. The summed E-state index contributed by atoms with van der Waals surface area (Å²) >= 11 is -2.12. The highest BCUT2D eigenvalue weighted by Gasteiger charge is 2.08. The van der Waals surface area contributed by atoms with Gasteiger partial charge >= 0.3 is 0 Å². The Morgan fingerprint density at radius 1 is 0.931 bits per heavy atom. The van der Waals surface area contributed by atoms with Gasteiger partial charge in [-0.1, -0.05) is 60.7 Å². The van der Waals surface area contributed by atoms with Gasteiger partial charge in [0.2, 0.25) is 0 Å². The summed E-state index contributed by atoms with van der Waals surface area (Å²) in [5.74, 6) is 0.0895. The monoisotopic (exact) mass is 407 g/mol. The number of rotatable bonds is 9. The topological polar surface area (TPSA) is 99.2 Å². The fourth-order valence-electron chi connectivity index (χ4n) is 3.35. The van der Waals surface area contributed by atoms with E-state index in [9.17, 15) is 8.76 Å². The van der Waals surface area contributed by atoms with E-state index in [1.165, 1.54) is 5.56 Å². The summed E-state index contributed by atoms with van der Waals surface area (Å²) in [5.41, 5.74) is 11.2. The zero-order chi connectivity index (χ0) is 20.6. The smallest absolute Gasteiger partial charge is 0.259 e. The molecule has 0 radical (unpaired) electrons. The van der Waals surface area contributed by atoms with Crippen LogP contribution in [0.4, 0.5) is 5.69 Å². The summed E-state index contributed by atoms with van der Waals surface area (Å²) in [6.45, 7) is 0. The van der Waals surface area contributed by atoms with Crippen LogP contribution in [0.5, 0.6) is 0 Å². The Morgan fingerprint density at radius 3 is 2.28 bits per heavy atom. The summed E-state index contributed by atoms with van der Waals surface area (Å²) in [7, 11) is 0. The Labute approximate surface area is 173 Å². The minimum absolute atomic E-state index is 0.0895. The van der Waals surface area contributed by atoms with Crippen molar-refractivity contribution in [3.8, 4) is 11.1 Å². The van der Waals surface area contributed by atoms with Gasteiger partial charge in [-0.25, -0.2) is 4.21 Å². The number of hydrogen-bond donors (Lipinski definition) is 4. The van der Waals surface area contributed by atoms with Crippen molar-refractivity contribution in [3.05, 3.63) is 89.5 Å². The molecule has 3 rings (SSSR count). The lowest BCUT2D eigenvalue weighted by atomic mass is 9.98. The van der Waals surface area contributed by atoms with Gasteiger partial charge in [0.05, 0.1) is 5.69 Å². The highest BCUT2D eigenvalue weighted by atomic mass is 32.2. The van der Waals surface area contributed by atoms with Gasteiger partial charge in [0.25, 0.3) is 11.3 Å². The van der Waals surface area contributed by atoms with E-state index in [1.54, 1.807) is 0 Å². The van der Waals surface area contributed by atoms with Crippen molar-refractivity contribution in [2.24, 2.45) is 5.73 Å². The van der Waals surface area contributed by atoms with E-state index in [-0.39, 0.29) is 5.84 Å². The summed E-state index contributed by atoms with van der Waals surface area (Å²) in [6.07, 6.45) is 3.82. The lowest BCUT2D eigenvalue weighted by Crippen LogP contribution is -2.11.